The lowest BCUT2D eigenvalue weighted by molar-refractivity contribution is -0.136. The van der Waals surface area contributed by atoms with E-state index in [1.807, 2.05) is 0 Å². The molecule has 0 saturated carbocycles. The SMILES string of the molecule is CO[C@H]1CN(C(=O)c2ncc[nH]2)CC[C@@]12CCCO2. The monoisotopic (exact) mass is 265 g/mol. The molecule has 0 aliphatic carbocycles. The van der Waals surface area contributed by atoms with E-state index < -0.39 is 0 Å². The maximum atomic E-state index is 12.3. The van der Waals surface area contributed by atoms with Gasteiger partial charge in [-0.25, -0.2) is 4.98 Å². The van der Waals surface area contributed by atoms with Crippen LogP contribution in [0.1, 0.15) is 29.9 Å². The predicted octanol–water partition coefficient (Wildman–Crippen LogP) is 0.820. The molecule has 1 aromatic heterocycles. The maximum absolute atomic E-state index is 12.3. The molecule has 0 unspecified atom stereocenters. The molecule has 2 saturated heterocycles. The molecule has 19 heavy (non-hydrogen) atoms. The zero-order chi connectivity index (χ0) is 13.3. The minimum absolute atomic E-state index is 0.0531. The molecule has 0 bridgehead atoms. The van der Waals surface area contributed by atoms with Gasteiger partial charge in [0.1, 0.15) is 6.10 Å². The molecule has 0 aromatic carbocycles. The third kappa shape index (κ3) is 2.15. The Hall–Kier alpha value is -1.40. The zero-order valence-corrected chi connectivity index (χ0v) is 11.1. The van der Waals surface area contributed by atoms with Gasteiger partial charge in [0.25, 0.3) is 5.91 Å². The Bertz CT molecular complexity index is 440. The van der Waals surface area contributed by atoms with E-state index >= 15 is 0 Å². The Morgan fingerprint density at radius 3 is 3.16 bits per heavy atom. The molecule has 104 valence electrons. The molecule has 6 heteroatoms. The number of likely N-dealkylation sites (tertiary alicyclic amines) is 1. The molecule has 2 aliphatic rings. The molecule has 6 nitrogen and oxygen atoms in total. The summed E-state index contributed by atoms with van der Waals surface area (Å²) in [4.78, 5) is 20.9. The number of carbonyl (C=O) groups excluding carboxylic acids is 1. The summed E-state index contributed by atoms with van der Waals surface area (Å²) in [5.41, 5.74) is -0.186. The Kier molecular flexibility index (Phi) is 3.28. The van der Waals surface area contributed by atoms with Gasteiger partial charge in [0.15, 0.2) is 5.82 Å². The number of piperidine rings is 1. The number of aromatic nitrogens is 2. The molecule has 2 fully saturated rings. The third-order valence-electron chi connectivity index (χ3n) is 4.18. The van der Waals surface area contributed by atoms with Crippen molar-refractivity contribution in [3.8, 4) is 0 Å². The minimum atomic E-state index is -0.186. The number of nitrogens with zero attached hydrogens (tertiary/aromatic N) is 2. The highest BCUT2D eigenvalue weighted by atomic mass is 16.5. The van der Waals surface area contributed by atoms with Gasteiger partial charge in [-0.2, -0.15) is 0 Å². The van der Waals surface area contributed by atoms with Crippen LogP contribution in [-0.2, 0) is 9.47 Å². The second-order valence-corrected chi connectivity index (χ2v) is 5.18. The maximum Gasteiger partial charge on any atom is 0.289 e. The summed E-state index contributed by atoms with van der Waals surface area (Å²) in [5.74, 6) is 0.318. The zero-order valence-electron chi connectivity index (χ0n) is 11.1. The van der Waals surface area contributed by atoms with Crippen LogP contribution in [0.4, 0.5) is 0 Å². The Balaban J connectivity index is 1.73. The van der Waals surface area contributed by atoms with Gasteiger partial charge in [0.05, 0.1) is 12.1 Å². The number of imidazole rings is 1. The highest BCUT2D eigenvalue weighted by Gasteiger charge is 2.47. The summed E-state index contributed by atoms with van der Waals surface area (Å²) < 4.78 is 11.5. The number of aromatic amines is 1. The van der Waals surface area contributed by atoms with Crippen molar-refractivity contribution in [1.82, 2.24) is 14.9 Å². The summed E-state index contributed by atoms with van der Waals surface area (Å²) in [6, 6.07) is 0. The van der Waals surface area contributed by atoms with Crippen molar-refractivity contribution in [2.24, 2.45) is 0 Å². The van der Waals surface area contributed by atoms with E-state index in [1.165, 1.54) is 0 Å². The van der Waals surface area contributed by atoms with Crippen LogP contribution in [-0.4, -0.2) is 59.3 Å². The number of carbonyl (C=O) groups is 1. The first-order valence-electron chi connectivity index (χ1n) is 6.70. The second kappa shape index (κ2) is 4.94. The molecule has 1 N–H and O–H groups in total. The topological polar surface area (TPSA) is 67.5 Å². The minimum Gasteiger partial charge on any atom is -0.377 e. The Labute approximate surface area is 112 Å². The smallest absolute Gasteiger partial charge is 0.289 e. The van der Waals surface area contributed by atoms with E-state index in [9.17, 15) is 4.79 Å². The fourth-order valence-corrected chi connectivity index (χ4v) is 3.12. The van der Waals surface area contributed by atoms with Gasteiger partial charge in [0.2, 0.25) is 0 Å². The lowest BCUT2D eigenvalue weighted by atomic mass is 9.86. The first-order valence-corrected chi connectivity index (χ1v) is 6.70. The average molecular weight is 265 g/mol. The lowest BCUT2D eigenvalue weighted by Gasteiger charge is -2.44. The van der Waals surface area contributed by atoms with Crippen molar-refractivity contribution in [3.63, 3.8) is 0 Å². The number of nitrogens with one attached hydrogen (secondary N) is 1. The molecule has 3 rings (SSSR count). The highest BCUT2D eigenvalue weighted by molar-refractivity contribution is 5.90. The molecule has 1 aromatic rings. The van der Waals surface area contributed by atoms with Crippen LogP contribution < -0.4 is 0 Å². The number of rotatable bonds is 2. The first-order chi connectivity index (χ1) is 9.25. The van der Waals surface area contributed by atoms with E-state index in [0.29, 0.717) is 18.9 Å². The molecule has 0 radical (unpaired) electrons. The van der Waals surface area contributed by atoms with E-state index in [0.717, 1.165) is 25.9 Å². The number of hydrogen-bond acceptors (Lipinski definition) is 4. The highest BCUT2D eigenvalue weighted by Crippen LogP contribution is 2.37. The molecule has 3 heterocycles. The van der Waals surface area contributed by atoms with Crippen molar-refractivity contribution in [2.75, 3.05) is 26.8 Å². The molecule has 2 aliphatic heterocycles. The average Bonchev–Trinajstić information content (AvgIpc) is 3.10. The van der Waals surface area contributed by atoms with Gasteiger partial charge in [-0.1, -0.05) is 0 Å². The van der Waals surface area contributed by atoms with Crippen molar-refractivity contribution >= 4 is 5.91 Å². The van der Waals surface area contributed by atoms with Crippen molar-refractivity contribution < 1.29 is 14.3 Å². The van der Waals surface area contributed by atoms with Crippen LogP contribution >= 0.6 is 0 Å². The van der Waals surface area contributed by atoms with Gasteiger partial charge in [-0.15, -0.1) is 0 Å². The molecule has 1 spiro atoms. The number of hydrogen-bond donors (Lipinski definition) is 1. The number of amides is 1. The number of H-pyrrole nitrogens is 1. The summed E-state index contributed by atoms with van der Waals surface area (Å²) in [6.45, 7) is 2.06. The summed E-state index contributed by atoms with van der Waals surface area (Å²) in [7, 11) is 1.69. The summed E-state index contributed by atoms with van der Waals surface area (Å²) in [6.07, 6.45) is 6.12. The van der Waals surface area contributed by atoms with E-state index in [4.69, 9.17) is 9.47 Å². The number of methoxy groups -OCH3 is 1. The second-order valence-electron chi connectivity index (χ2n) is 5.18. The Morgan fingerprint density at radius 1 is 1.63 bits per heavy atom. The van der Waals surface area contributed by atoms with Crippen LogP contribution in [0.2, 0.25) is 0 Å². The quantitative estimate of drug-likeness (QED) is 0.859. The van der Waals surface area contributed by atoms with E-state index in [2.05, 4.69) is 9.97 Å². The summed E-state index contributed by atoms with van der Waals surface area (Å²) in [5, 5.41) is 0. The van der Waals surface area contributed by atoms with Crippen LogP contribution in [0.5, 0.6) is 0 Å². The molecular weight excluding hydrogens is 246 g/mol. The molecule has 1 amide bonds. The van der Waals surface area contributed by atoms with Gasteiger partial charge in [0, 0.05) is 32.7 Å². The lowest BCUT2D eigenvalue weighted by Crippen LogP contribution is -2.57. The third-order valence-corrected chi connectivity index (χ3v) is 4.18. The number of ether oxygens (including phenoxy) is 2. The summed E-state index contributed by atoms with van der Waals surface area (Å²) >= 11 is 0. The van der Waals surface area contributed by atoms with Gasteiger partial charge < -0.3 is 19.4 Å². The van der Waals surface area contributed by atoms with Gasteiger partial charge in [-0.05, 0) is 19.3 Å². The standard InChI is InChI=1S/C13H19N3O3/c1-18-10-9-16(12(17)11-14-5-6-15-11)7-4-13(10)3-2-8-19-13/h5-6,10H,2-4,7-9H2,1H3,(H,14,15)/t10-,13-/m0/s1. The molecular formula is C13H19N3O3. The van der Waals surface area contributed by atoms with Crippen molar-refractivity contribution in [2.45, 2.75) is 31.0 Å². The van der Waals surface area contributed by atoms with Crippen LogP contribution in [0.25, 0.3) is 0 Å². The van der Waals surface area contributed by atoms with Crippen molar-refractivity contribution in [1.29, 1.82) is 0 Å². The first kappa shape index (κ1) is 12.6. The largest absolute Gasteiger partial charge is 0.377 e. The van der Waals surface area contributed by atoms with E-state index in [-0.39, 0.29) is 17.6 Å². The van der Waals surface area contributed by atoms with Crippen LogP contribution in [0, 0.1) is 0 Å². The molecule has 2 atom stereocenters. The Morgan fingerprint density at radius 2 is 2.53 bits per heavy atom. The van der Waals surface area contributed by atoms with Crippen LogP contribution in [0.15, 0.2) is 12.4 Å². The van der Waals surface area contributed by atoms with Gasteiger partial charge in [-0.3, -0.25) is 4.79 Å². The predicted molar refractivity (Wildman–Crippen MR) is 67.8 cm³/mol. The van der Waals surface area contributed by atoms with E-state index in [1.54, 1.807) is 24.4 Å². The fraction of sp³-hybridized carbons (Fsp3) is 0.692. The normalized spacial score (nSPS) is 31.0. The fourth-order valence-electron chi connectivity index (χ4n) is 3.12. The van der Waals surface area contributed by atoms with Crippen LogP contribution in [0.3, 0.4) is 0 Å². The van der Waals surface area contributed by atoms with Gasteiger partial charge >= 0.3 is 0 Å². The van der Waals surface area contributed by atoms with Crippen molar-refractivity contribution in [3.05, 3.63) is 18.2 Å².